The summed E-state index contributed by atoms with van der Waals surface area (Å²) < 4.78 is 13.4. The van der Waals surface area contributed by atoms with Gasteiger partial charge in [-0.15, -0.1) is 0 Å². The summed E-state index contributed by atoms with van der Waals surface area (Å²) in [5.41, 5.74) is 6.51. The molecular weight excluding hydrogens is 205 g/mol. The Hall–Kier alpha value is -2.16. The average molecular weight is 215 g/mol. The van der Waals surface area contributed by atoms with Crippen molar-refractivity contribution in [3.63, 3.8) is 0 Å². The fourth-order valence-corrected chi connectivity index (χ4v) is 1.48. The summed E-state index contributed by atoms with van der Waals surface area (Å²) in [6, 6.07) is 12.4. The molecule has 0 unspecified atom stereocenters. The predicted molar refractivity (Wildman–Crippen MR) is 60.7 cm³/mol. The Labute approximate surface area is 92.5 Å². The van der Waals surface area contributed by atoms with Crippen molar-refractivity contribution >= 4 is 11.5 Å². The predicted octanol–water partition coefficient (Wildman–Crippen LogP) is 2.64. The Morgan fingerprint density at radius 1 is 1.06 bits per heavy atom. The normalized spacial score (nSPS) is 10.1. The Morgan fingerprint density at radius 2 is 1.81 bits per heavy atom. The van der Waals surface area contributed by atoms with Crippen LogP contribution >= 0.6 is 0 Å². The summed E-state index contributed by atoms with van der Waals surface area (Å²) in [6.07, 6.45) is 0. The molecule has 0 bridgehead atoms. The first-order chi connectivity index (χ1) is 7.68. The molecule has 0 radical (unpaired) electrons. The quantitative estimate of drug-likeness (QED) is 0.618. The number of anilines is 1. The van der Waals surface area contributed by atoms with E-state index in [2.05, 4.69) is 0 Å². The van der Waals surface area contributed by atoms with Crippen LogP contribution in [0.5, 0.6) is 0 Å². The average Bonchev–Trinajstić information content (AvgIpc) is 2.29. The molecule has 80 valence electrons. The van der Waals surface area contributed by atoms with E-state index in [1.165, 1.54) is 18.2 Å². The number of carbonyl (C=O) groups excluding carboxylic acids is 1. The van der Waals surface area contributed by atoms with Crippen LogP contribution in [-0.2, 0) is 0 Å². The third-order valence-corrected chi connectivity index (χ3v) is 2.27. The van der Waals surface area contributed by atoms with Crippen molar-refractivity contribution in [2.75, 3.05) is 5.73 Å². The van der Waals surface area contributed by atoms with E-state index in [0.29, 0.717) is 11.3 Å². The van der Waals surface area contributed by atoms with Gasteiger partial charge >= 0.3 is 0 Å². The van der Waals surface area contributed by atoms with Crippen LogP contribution in [0.2, 0.25) is 0 Å². The molecule has 2 N–H and O–H groups in total. The minimum Gasteiger partial charge on any atom is -0.399 e. The molecule has 0 saturated heterocycles. The van der Waals surface area contributed by atoms with Crippen molar-refractivity contribution in [3.8, 4) is 0 Å². The topological polar surface area (TPSA) is 43.1 Å². The number of rotatable bonds is 2. The first-order valence-corrected chi connectivity index (χ1v) is 4.83. The maximum absolute atomic E-state index is 13.4. The van der Waals surface area contributed by atoms with Gasteiger partial charge < -0.3 is 5.73 Å². The lowest BCUT2D eigenvalue weighted by atomic mass is 10.0. The minimum absolute atomic E-state index is 0.0631. The first-order valence-electron chi connectivity index (χ1n) is 4.83. The van der Waals surface area contributed by atoms with Gasteiger partial charge in [0, 0.05) is 11.3 Å². The highest BCUT2D eigenvalue weighted by atomic mass is 19.1. The smallest absolute Gasteiger partial charge is 0.196 e. The largest absolute Gasteiger partial charge is 0.399 e. The number of ketones is 1. The molecule has 0 spiro atoms. The van der Waals surface area contributed by atoms with Gasteiger partial charge in [0.15, 0.2) is 5.78 Å². The van der Waals surface area contributed by atoms with Crippen LogP contribution in [0.4, 0.5) is 10.1 Å². The van der Waals surface area contributed by atoms with E-state index in [9.17, 15) is 9.18 Å². The summed E-state index contributed by atoms with van der Waals surface area (Å²) in [5, 5.41) is 0. The van der Waals surface area contributed by atoms with Crippen LogP contribution in [0.1, 0.15) is 15.9 Å². The van der Waals surface area contributed by atoms with E-state index in [1.807, 2.05) is 0 Å². The number of carbonyl (C=O) groups is 1. The van der Waals surface area contributed by atoms with Crippen molar-refractivity contribution in [3.05, 3.63) is 65.5 Å². The molecule has 2 nitrogen and oxygen atoms in total. The van der Waals surface area contributed by atoms with Crippen LogP contribution in [0.25, 0.3) is 0 Å². The third-order valence-electron chi connectivity index (χ3n) is 2.27. The van der Waals surface area contributed by atoms with E-state index < -0.39 is 5.82 Å². The first kappa shape index (κ1) is 10.4. The van der Waals surface area contributed by atoms with Crippen molar-refractivity contribution in [1.29, 1.82) is 0 Å². The number of nitrogen functional groups attached to an aromatic ring is 1. The van der Waals surface area contributed by atoms with Crippen LogP contribution in [0.15, 0.2) is 48.5 Å². The van der Waals surface area contributed by atoms with Gasteiger partial charge in [-0.25, -0.2) is 4.39 Å². The van der Waals surface area contributed by atoms with E-state index in [4.69, 9.17) is 5.73 Å². The van der Waals surface area contributed by atoms with Gasteiger partial charge in [-0.3, -0.25) is 4.79 Å². The van der Waals surface area contributed by atoms with Gasteiger partial charge in [-0.05, 0) is 24.3 Å². The fourth-order valence-electron chi connectivity index (χ4n) is 1.48. The van der Waals surface area contributed by atoms with Crippen molar-refractivity contribution in [2.24, 2.45) is 0 Å². The van der Waals surface area contributed by atoms with Crippen molar-refractivity contribution in [2.45, 2.75) is 0 Å². The van der Waals surface area contributed by atoms with Crippen LogP contribution in [0, 0.1) is 5.82 Å². The van der Waals surface area contributed by atoms with Crippen molar-refractivity contribution < 1.29 is 9.18 Å². The zero-order chi connectivity index (χ0) is 11.5. The van der Waals surface area contributed by atoms with Crippen LogP contribution in [0.3, 0.4) is 0 Å². The number of benzene rings is 2. The lowest BCUT2D eigenvalue weighted by Gasteiger charge is -2.03. The second-order valence-electron chi connectivity index (χ2n) is 3.43. The monoisotopic (exact) mass is 215 g/mol. The molecule has 0 saturated carbocycles. The molecule has 0 aliphatic carbocycles. The molecule has 0 aliphatic heterocycles. The third kappa shape index (κ3) is 1.93. The molecule has 16 heavy (non-hydrogen) atoms. The molecule has 0 heterocycles. The fraction of sp³-hybridized carbons (Fsp3) is 0. The summed E-state index contributed by atoms with van der Waals surface area (Å²) in [7, 11) is 0. The Balaban J connectivity index is 2.44. The van der Waals surface area contributed by atoms with E-state index in [0.717, 1.165) is 0 Å². The Bertz CT molecular complexity index is 537. The lowest BCUT2D eigenvalue weighted by Crippen LogP contribution is -2.04. The highest BCUT2D eigenvalue weighted by Crippen LogP contribution is 2.15. The second-order valence-corrected chi connectivity index (χ2v) is 3.43. The molecule has 0 fully saturated rings. The summed E-state index contributed by atoms with van der Waals surface area (Å²) in [4.78, 5) is 11.9. The number of nitrogens with two attached hydrogens (primary N) is 1. The zero-order valence-electron chi connectivity index (χ0n) is 8.48. The lowest BCUT2D eigenvalue weighted by molar-refractivity contribution is 0.103. The minimum atomic E-state index is -0.519. The van der Waals surface area contributed by atoms with Gasteiger partial charge in [0.2, 0.25) is 0 Å². The molecule has 2 rings (SSSR count). The Kier molecular flexibility index (Phi) is 2.68. The molecule has 0 aliphatic rings. The SMILES string of the molecule is Nc1cccc(C(=O)c2ccccc2F)c1. The van der Waals surface area contributed by atoms with Gasteiger partial charge in [0.1, 0.15) is 5.82 Å². The molecule has 2 aromatic carbocycles. The van der Waals surface area contributed by atoms with Gasteiger partial charge in [0.25, 0.3) is 0 Å². The van der Waals surface area contributed by atoms with Gasteiger partial charge in [-0.2, -0.15) is 0 Å². The van der Waals surface area contributed by atoms with Gasteiger partial charge in [0.05, 0.1) is 5.56 Å². The summed E-state index contributed by atoms with van der Waals surface area (Å²) in [6.45, 7) is 0. The maximum atomic E-state index is 13.4. The number of hydrogen-bond acceptors (Lipinski definition) is 2. The van der Waals surface area contributed by atoms with Gasteiger partial charge in [-0.1, -0.05) is 24.3 Å². The second kappa shape index (κ2) is 4.14. The molecule has 0 amide bonds. The van der Waals surface area contributed by atoms with E-state index in [-0.39, 0.29) is 11.3 Å². The number of halogens is 1. The number of hydrogen-bond donors (Lipinski definition) is 1. The maximum Gasteiger partial charge on any atom is 0.196 e. The van der Waals surface area contributed by atoms with Crippen LogP contribution < -0.4 is 5.73 Å². The Morgan fingerprint density at radius 3 is 2.50 bits per heavy atom. The van der Waals surface area contributed by atoms with E-state index in [1.54, 1.807) is 30.3 Å². The summed E-state index contributed by atoms with van der Waals surface area (Å²) in [5.74, 6) is -0.875. The highest BCUT2D eigenvalue weighted by molar-refractivity contribution is 6.09. The molecule has 3 heteroatoms. The molecule has 0 aromatic heterocycles. The zero-order valence-corrected chi connectivity index (χ0v) is 8.48. The molecule has 0 atom stereocenters. The highest BCUT2D eigenvalue weighted by Gasteiger charge is 2.12. The molecular formula is C13H10FNO. The van der Waals surface area contributed by atoms with Crippen molar-refractivity contribution in [1.82, 2.24) is 0 Å². The molecule has 2 aromatic rings. The standard InChI is InChI=1S/C13H10FNO/c14-12-7-2-1-6-11(12)13(16)9-4-3-5-10(15)8-9/h1-8H,15H2. The van der Waals surface area contributed by atoms with Crippen LogP contribution in [-0.4, -0.2) is 5.78 Å². The van der Waals surface area contributed by atoms with E-state index >= 15 is 0 Å². The summed E-state index contributed by atoms with van der Waals surface area (Å²) >= 11 is 0.